The molecule has 2 aromatic rings. The first-order valence-corrected chi connectivity index (χ1v) is 10.4. The summed E-state index contributed by atoms with van der Waals surface area (Å²) in [4.78, 5) is 19.5. The third-order valence-corrected chi connectivity index (χ3v) is 6.23. The van der Waals surface area contributed by atoms with Gasteiger partial charge in [-0.3, -0.25) is 4.79 Å². The van der Waals surface area contributed by atoms with E-state index >= 15 is 0 Å². The fourth-order valence-corrected chi connectivity index (χ4v) is 4.57. The lowest BCUT2D eigenvalue weighted by molar-refractivity contribution is -0.136. The molecule has 0 saturated carbocycles. The number of hydrogen-bond donors (Lipinski definition) is 0. The van der Waals surface area contributed by atoms with Gasteiger partial charge in [0.15, 0.2) is 11.9 Å². The Balaban J connectivity index is 1.41. The van der Waals surface area contributed by atoms with E-state index in [2.05, 4.69) is 12.0 Å². The van der Waals surface area contributed by atoms with Crippen LogP contribution < -0.4 is 4.74 Å². The minimum absolute atomic E-state index is 0.0789. The van der Waals surface area contributed by atoms with E-state index in [4.69, 9.17) is 19.2 Å². The van der Waals surface area contributed by atoms with Crippen LogP contribution in [0.3, 0.4) is 0 Å². The van der Waals surface area contributed by atoms with Crippen molar-refractivity contribution in [3.8, 4) is 5.88 Å². The van der Waals surface area contributed by atoms with Crippen LogP contribution in [0.15, 0.2) is 0 Å². The van der Waals surface area contributed by atoms with E-state index in [1.54, 1.807) is 11.8 Å². The van der Waals surface area contributed by atoms with Gasteiger partial charge < -0.3 is 19.1 Å². The zero-order valence-corrected chi connectivity index (χ0v) is 17.7. The lowest BCUT2D eigenvalue weighted by Gasteiger charge is -2.34. The highest BCUT2D eigenvalue weighted by molar-refractivity contribution is 5.86. The van der Waals surface area contributed by atoms with Gasteiger partial charge in [-0.05, 0) is 44.2 Å². The van der Waals surface area contributed by atoms with Crippen molar-refractivity contribution in [3.05, 3.63) is 16.8 Å². The smallest absolute Gasteiger partial charge is 0.242 e. The molecule has 0 atom stereocenters. The van der Waals surface area contributed by atoms with E-state index in [0.29, 0.717) is 37.9 Å². The summed E-state index contributed by atoms with van der Waals surface area (Å²) in [5.41, 5.74) is 3.97. The molecule has 8 heteroatoms. The van der Waals surface area contributed by atoms with Crippen molar-refractivity contribution < 1.29 is 19.0 Å². The van der Waals surface area contributed by atoms with Gasteiger partial charge in [-0.1, -0.05) is 0 Å². The standard InChI is InChI=1S/C21H30N4O4/c1-13-16(14(2)22-19-18(13)20(27-4)23-24(19)3)5-6-17(26)25-9-7-15(8-10-25)21-28-11-12-29-21/h15,21H,5-12H2,1-4H3. The molecule has 2 fully saturated rings. The Morgan fingerprint density at radius 3 is 2.55 bits per heavy atom. The Morgan fingerprint density at radius 1 is 1.21 bits per heavy atom. The average molecular weight is 402 g/mol. The third-order valence-electron chi connectivity index (χ3n) is 6.23. The lowest BCUT2D eigenvalue weighted by Crippen LogP contribution is -2.41. The highest BCUT2D eigenvalue weighted by atomic mass is 16.7. The molecule has 29 heavy (non-hydrogen) atoms. The zero-order valence-electron chi connectivity index (χ0n) is 17.7. The Morgan fingerprint density at radius 2 is 1.90 bits per heavy atom. The molecule has 4 heterocycles. The molecule has 2 aliphatic heterocycles. The number of likely N-dealkylation sites (tertiary alicyclic amines) is 1. The normalized spacial score (nSPS) is 18.7. The predicted octanol–water partition coefficient (Wildman–Crippen LogP) is 2.14. The highest BCUT2D eigenvalue weighted by Gasteiger charge is 2.31. The van der Waals surface area contributed by atoms with Crippen LogP contribution in [0.5, 0.6) is 5.88 Å². The highest BCUT2D eigenvalue weighted by Crippen LogP contribution is 2.31. The molecule has 2 aliphatic rings. The molecule has 2 saturated heterocycles. The molecule has 0 spiro atoms. The maximum absolute atomic E-state index is 12.8. The van der Waals surface area contributed by atoms with Crippen molar-refractivity contribution in [2.75, 3.05) is 33.4 Å². The number of rotatable bonds is 5. The van der Waals surface area contributed by atoms with Gasteiger partial charge in [-0.2, -0.15) is 0 Å². The van der Waals surface area contributed by atoms with Crippen LogP contribution in [0.1, 0.15) is 36.1 Å². The Labute approximate surface area is 171 Å². The Bertz CT molecular complexity index is 896. The van der Waals surface area contributed by atoms with E-state index in [0.717, 1.165) is 53.8 Å². The molecule has 0 N–H and O–H groups in total. The summed E-state index contributed by atoms with van der Waals surface area (Å²) in [7, 11) is 3.49. The van der Waals surface area contributed by atoms with E-state index in [-0.39, 0.29) is 12.2 Å². The summed E-state index contributed by atoms with van der Waals surface area (Å²) in [5, 5.41) is 5.33. The van der Waals surface area contributed by atoms with Crippen LogP contribution in [0.2, 0.25) is 0 Å². The molecule has 2 aromatic heterocycles. The van der Waals surface area contributed by atoms with Crippen molar-refractivity contribution in [1.29, 1.82) is 0 Å². The van der Waals surface area contributed by atoms with Crippen molar-refractivity contribution in [1.82, 2.24) is 19.7 Å². The molecule has 0 aliphatic carbocycles. The number of aromatic nitrogens is 3. The maximum atomic E-state index is 12.8. The molecule has 1 amide bonds. The van der Waals surface area contributed by atoms with Gasteiger partial charge in [-0.15, -0.1) is 5.10 Å². The summed E-state index contributed by atoms with van der Waals surface area (Å²) >= 11 is 0. The molecule has 158 valence electrons. The van der Waals surface area contributed by atoms with Gasteiger partial charge in [0.1, 0.15) is 0 Å². The number of methoxy groups -OCH3 is 1. The third kappa shape index (κ3) is 3.83. The second kappa shape index (κ2) is 8.28. The largest absolute Gasteiger partial charge is 0.479 e. The fourth-order valence-electron chi connectivity index (χ4n) is 4.57. The van der Waals surface area contributed by atoms with Gasteiger partial charge >= 0.3 is 0 Å². The number of piperidine rings is 1. The molecule has 0 unspecified atom stereocenters. The molecule has 8 nitrogen and oxygen atoms in total. The molecule has 0 radical (unpaired) electrons. The van der Waals surface area contributed by atoms with Gasteiger partial charge in [0.25, 0.3) is 0 Å². The number of nitrogens with zero attached hydrogens (tertiary/aromatic N) is 4. The van der Waals surface area contributed by atoms with E-state index in [9.17, 15) is 4.79 Å². The van der Waals surface area contributed by atoms with Crippen molar-refractivity contribution >= 4 is 16.9 Å². The number of hydrogen-bond acceptors (Lipinski definition) is 6. The number of amides is 1. The number of ether oxygens (including phenoxy) is 3. The Hall–Kier alpha value is -2.19. The summed E-state index contributed by atoms with van der Waals surface area (Å²) in [6.07, 6.45) is 2.96. The first-order chi connectivity index (χ1) is 14.0. The quantitative estimate of drug-likeness (QED) is 0.762. The summed E-state index contributed by atoms with van der Waals surface area (Å²) in [5.74, 6) is 1.18. The second-order valence-corrected chi connectivity index (χ2v) is 7.96. The summed E-state index contributed by atoms with van der Waals surface area (Å²) in [6.45, 7) is 6.98. The average Bonchev–Trinajstić information content (AvgIpc) is 3.36. The van der Waals surface area contributed by atoms with Crippen LogP contribution >= 0.6 is 0 Å². The number of carbonyl (C=O) groups excluding carboxylic acids is 1. The van der Waals surface area contributed by atoms with Crippen LogP contribution in [-0.4, -0.2) is 65.3 Å². The van der Waals surface area contributed by atoms with Crippen LogP contribution in [-0.2, 0) is 27.7 Å². The van der Waals surface area contributed by atoms with E-state index in [1.807, 2.05) is 18.9 Å². The van der Waals surface area contributed by atoms with E-state index < -0.39 is 0 Å². The van der Waals surface area contributed by atoms with Gasteiger partial charge in [0, 0.05) is 38.2 Å². The van der Waals surface area contributed by atoms with E-state index in [1.165, 1.54) is 0 Å². The topological polar surface area (TPSA) is 78.7 Å². The number of fused-ring (bicyclic) bond motifs is 1. The zero-order chi connectivity index (χ0) is 20.5. The van der Waals surface area contributed by atoms with Gasteiger partial charge in [0.05, 0.1) is 25.7 Å². The van der Waals surface area contributed by atoms with Crippen LogP contribution in [0, 0.1) is 19.8 Å². The number of carbonyl (C=O) groups is 1. The maximum Gasteiger partial charge on any atom is 0.242 e. The molecule has 4 rings (SSSR count). The first kappa shape index (κ1) is 20.1. The number of pyridine rings is 1. The monoisotopic (exact) mass is 402 g/mol. The minimum atomic E-state index is -0.0789. The number of aryl methyl sites for hydroxylation is 3. The van der Waals surface area contributed by atoms with Crippen LogP contribution in [0.25, 0.3) is 11.0 Å². The Kier molecular flexibility index (Phi) is 5.74. The molecule has 0 aromatic carbocycles. The second-order valence-electron chi connectivity index (χ2n) is 7.96. The molecular weight excluding hydrogens is 372 g/mol. The van der Waals surface area contributed by atoms with Crippen molar-refractivity contribution in [3.63, 3.8) is 0 Å². The molecular formula is C21H30N4O4. The van der Waals surface area contributed by atoms with Crippen LogP contribution in [0.4, 0.5) is 0 Å². The first-order valence-electron chi connectivity index (χ1n) is 10.4. The fraction of sp³-hybridized carbons (Fsp3) is 0.667. The summed E-state index contributed by atoms with van der Waals surface area (Å²) in [6, 6.07) is 0. The van der Waals surface area contributed by atoms with Crippen molar-refractivity contribution in [2.45, 2.75) is 45.8 Å². The lowest BCUT2D eigenvalue weighted by atomic mass is 9.95. The van der Waals surface area contributed by atoms with Gasteiger partial charge in [-0.25, -0.2) is 9.67 Å². The predicted molar refractivity (Wildman–Crippen MR) is 108 cm³/mol. The summed E-state index contributed by atoms with van der Waals surface area (Å²) < 4.78 is 18.4. The van der Waals surface area contributed by atoms with Gasteiger partial charge in [0.2, 0.25) is 11.8 Å². The van der Waals surface area contributed by atoms with Crippen molar-refractivity contribution in [2.24, 2.45) is 13.0 Å². The SMILES string of the molecule is COc1nn(C)c2nc(C)c(CCC(=O)N3CCC(C4OCCO4)CC3)c(C)c12. The minimum Gasteiger partial charge on any atom is -0.479 e. The molecule has 0 bridgehead atoms.